The minimum atomic E-state index is 0.255. The van der Waals surface area contributed by atoms with Gasteiger partial charge in [0.05, 0.1) is 0 Å². The summed E-state index contributed by atoms with van der Waals surface area (Å²) in [7, 11) is 2.15. The Morgan fingerprint density at radius 1 is 1.39 bits per heavy atom. The average Bonchev–Trinajstić information content (AvgIpc) is 2.31. The molecule has 1 aromatic carbocycles. The molecule has 0 aliphatic carbocycles. The lowest BCUT2D eigenvalue weighted by Gasteiger charge is -2.42. The van der Waals surface area contributed by atoms with Crippen molar-refractivity contribution in [2.75, 3.05) is 38.2 Å². The van der Waals surface area contributed by atoms with Crippen molar-refractivity contribution in [3.63, 3.8) is 0 Å². The molecule has 1 atom stereocenters. The Hall–Kier alpha value is -0.580. The average molecular weight is 313 g/mol. The van der Waals surface area contributed by atoms with Crippen molar-refractivity contribution in [3.05, 3.63) is 28.2 Å². The zero-order chi connectivity index (χ0) is 13.1. The van der Waals surface area contributed by atoms with Crippen molar-refractivity contribution >= 4 is 21.6 Å². The molecule has 1 aliphatic rings. The number of rotatable bonds is 3. The highest BCUT2D eigenvalue weighted by molar-refractivity contribution is 9.10. The highest BCUT2D eigenvalue weighted by Gasteiger charge is 2.25. The Morgan fingerprint density at radius 2 is 2.17 bits per heavy atom. The van der Waals surface area contributed by atoms with Crippen LogP contribution in [0.25, 0.3) is 0 Å². The maximum absolute atomic E-state index is 9.23. The van der Waals surface area contributed by atoms with Gasteiger partial charge < -0.3 is 14.9 Å². The van der Waals surface area contributed by atoms with Crippen molar-refractivity contribution < 1.29 is 5.11 Å². The number of nitrogens with zero attached hydrogens (tertiary/aromatic N) is 2. The molecule has 1 N–H and O–H groups in total. The molecule has 4 heteroatoms. The second-order valence-corrected chi connectivity index (χ2v) is 5.97. The van der Waals surface area contributed by atoms with Gasteiger partial charge in [-0.3, -0.25) is 0 Å². The molecule has 3 nitrogen and oxygen atoms in total. The van der Waals surface area contributed by atoms with Crippen LogP contribution < -0.4 is 4.90 Å². The lowest BCUT2D eigenvalue weighted by molar-refractivity contribution is 0.219. The van der Waals surface area contributed by atoms with Gasteiger partial charge in [0, 0.05) is 42.4 Å². The predicted octanol–water partition coefficient (Wildman–Crippen LogP) is 2.26. The number of benzene rings is 1. The third-order valence-electron chi connectivity index (χ3n) is 3.62. The van der Waals surface area contributed by atoms with Crippen LogP contribution in [0.1, 0.15) is 12.0 Å². The summed E-state index contributed by atoms with van der Waals surface area (Å²) in [6, 6.07) is 6.84. The summed E-state index contributed by atoms with van der Waals surface area (Å²) in [4.78, 5) is 4.78. The quantitative estimate of drug-likeness (QED) is 0.927. The molecule has 100 valence electrons. The molecular formula is C14H21BrN2O. The maximum atomic E-state index is 9.23. The molecule has 1 aliphatic heterocycles. The lowest BCUT2D eigenvalue weighted by Crippen LogP contribution is -2.52. The monoisotopic (exact) mass is 312 g/mol. The molecule has 0 amide bonds. The number of hydrogen-bond acceptors (Lipinski definition) is 3. The number of likely N-dealkylation sites (N-methyl/N-ethyl adjacent to an activating group) is 1. The van der Waals surface area contributed by atoms with E-state index in [1.165, 1.54) is 11.3 Å². The van der Waals surface area contributed by atoms with E-state index in [0.717, 1.165) is 30.5 Å². The van der Waals surface area contributed by atoms with Gasteiger partial charge >= 0.3 is 0 Å². The zero-order valence-corrected chi connectivity index (χ0v) is 12.7. The molecule has 0 spiro atoms. The summed E-state index contributed by atoms with van der Waals surface area (Å²) in [5.41, 5.74) is 2.58. The number of aryl methyl sites for hydroxylation is 1. The zero-order valence-electron chi connectivity index (χ0n) is 11.1. The number of aliphatic hydroxyl groups is 1. The van der Waals surface area contributed by atoms with Crippen molar-refractivity contribution in [2.24, 2.45) is 0 Å². The van der Waals surface area contributed by atoms with Crippen LogP contribution in [0.3, 0.4) is 0 Å². The second-order valence-electron chi connectivity index (χ2n) is 5.05. The van der Waals surface area contributed by atoms with E-state index in [1.807, 2.05) is 0 Å². The topological polar surface area (TPSA) is 26.7 Å². The summed E-state index contributed by atoms with van der Waals surface area (Å²) in [5, 5.41) is 9.23. The number of aliphatic hydroxyl groups excluding tert-OH is 1. The minimum absolute atomic E-state index is 0.255. The fraction of sp³-hybridized carbons (Fsp3) is 0.571. The van der Waals surface area contributed by atoms with Crippen LogP contribution in [0, 0.1) is 6.92 Å². The van der Waals surface area contributed by atoms with Gasteiger partial charge in [-0.15, -0.1) is 0 Å². The Labute approximate surface area is 118 Å². The molecule has 1 saturated heterocycles. The third kappa shape index (κ3) is 3.05. The molecule has 1 heterocycles. The molecule has 2 rings (SSSR count). The van der Waals surface area contributed by atoms with E-state index in [9.17, 15) is 5.11 Å². The van der Waals surface area contributed by atoms with E-state index < -0.39 is 0 Å². The van der Waals surface area contributed by atoms with Crippen LogP contribution in [0.15, 0.2) is 22.7 Å². The van der Waals surface area contributed by atoms with Gasteiger partial charge in [-0.05, 0) is 44.2 Å². The Bertz CT molecular complexity index is 411. The number of piperazine rings is 1. The van der Waals surface area contributed by atoms with Gasteiger partial charge in [0.25, 0.3) is 0 Å². The largest absolute Gasteiger partial charge is 0.396 e. The van der Waals surface area contributed by atoms with Crippen molar-refractivity contribution in [1.29, 1.82) is 0 Å². The minimum Gasteiger partial charge on any atom is -0.396 e. The molecule has 0 bridgehead atoms. The summed E-state index contributed by atoms with van der Waals surface area (Å²) in [5.74, 6) is 0. The first kappa shape index (κ1) is 13.8. The number of anilines is 1. The Morgan fingerprint density at radius 3 is 2.83 bits per heavy atom. The van der Waals surface area contributed by atoms with Gasteiger partial charge in [0.2, 0.25) is 0 Å². The summed E-state index contributed by atoms with van der Waals surface area (Å²) in [6.07, 6.45) is 0.833. The normalized spacial score (nSPS) is 21.3. The number of halogens is 1. The smallest absolute Gasteiger partial charge is 0.0451 e. The molecule has 0 radical (unpaired) electrons. The van der Waals surface area contributed by atoms with E-state index in [-0.39, 0.29) is 6.61 Å². The van der Waals surface area contributed by atoms with Crippen LogP contribution in [0.5, 0.6) is 0 Å². The first-order valence-electron chi connectivity index (χ1n) is 6.44. The highest BCUT2D eigenvalue weighted by Crippen LogP contribution is 2.27. The van der Waals surface area contributed by atoms with Gasteiger partial charge in [-0.25, -0.2) is 0 Å². The fourth-order valence-electron chi connectivity index (χ4n) is 2.67. The summed E-state index contributed by atoms with van der Waals surface area (Å²) in [6.45, 7) is 5.54. The summed E-state index contributed by atoms with van der Waals surface area (Å²) >= 11 is 3.51. The van der Waals surface area contributed by atoms with E-state index in [1.54, 1.807) is 0 Å². The fourth-order valence-corrected chi connectivity index (χ4v) is 3.14. The first-order valence-corrected chi connectivity index (χ1v) is 7.23. The molecule has 18 heavy (non-hydrogen) atoms. The first-order chi connectivity index (χ1) is 8.61. The van der Waals surface area contributed by atoms with Gasteiger partial charge in [0.1, 0.15) is 0 Å². The van der Waals surface area contributed by atoms with E-state index >= 15 is 0 Å². The number of hydrogen-bond donors (Lipinski definition) is 1. The second kappa shape index (κ2) is 6.04. The Kier molecular flexibility index (Phi) is 4.65. The van der Waals surface area contributed by atoms with E-state index in [2.05, 4.69) is 57.9 Å². The van der Waals surface area contributed by atoms with Gasteiger partial charge in [-0.2, -0.15) is 0 Å². The van der Waals surface area contributed by atoms with E-state index in [4.69, 9.17) is 0 Å². The molecule has 0 saturated carbocycles. The summed E-state index contributed by atoms with van der Waals surface area (Å²) < 4.78 is 1.12. The molecular weight excluding hydrogens is 292 g/mol. The van der Waals surface area contributed by atoms with Crippen LogP contribution in [0.4, 0.5) is 5.69 Å². The standard InChI is InChI=1S/C14H21BrN2O/c1-11-9-12(15)3-4-14(11)17-7-6-16(2)10-13(17)5-8-18/h3-4,9,13,18H,5-8,10H2,1-2H3. The third-order valence-corrected chi connectivity index (χ3v) is 4.11. The molecule has 1 unspecified atom stereocenters. The van der Waals surface area contributed by atoms with Gasteiger partial charge in [0.15, 0.2) is 0 Å². The van der Waals surface area contributed by atoms with Crippen molar-refractivity contribution in [2.45, 2.75) is 19.4 Å². The van der Waals surface area contributed by atoms with Crippen molar-refractivity contribution in [3.8, 4) is 0 Å². The lowest BCUT2D eigenvalue weighted by atomic mass is 10.1. The highest BCUT2D eigenvalue weighted by atomic mass is 79.9. The maximum Gasteiger partial charge on any atom is 0.0451 e. The van der Waals surface area contributed by atoms with Crippen molar-refractivity contribution in [1.82, 2.24) is 4.90 Å². The molecule has 0 aromatic heterocycles. The molecule has 1 fully saturated rings. The van der Waals surface area contributed by atoms with E-state index in [0.29, 0.717) is 6.04 Å². The SMILES string of the molecule is Cc1cc(Br)ccc1N1CCN(C)CC1CCO. The van der Waals surface area contributed by atoms with Crippen LogP contribution >= 0.6 is 15.9 Å². The van der Waals surface area contributed by atoms with Crippen LogP contribution in [-0.2, 0) is 0 Å². The molecule has 1 aromatic rings. The van der Waals surface area contributed by atoms with Crippen LogP contribution in [-0.4, -0.2) is 49.3 Å². The van der Waals surface area contributed by atoms with Crippen LogP contribution in [0.2, 0.25) is 0 Å². The van der Waals surface area contributed by atoms with Gasteiger partial charge in [-0.1, -0.05) is 15.9 Å². The Balaban J connectivity index is 2.23. The predicted molar refractivity (Wildman–Crippen MR) is 79.2 cm³/mol.